The van der Waals surface area contributed by atoms with Crippen LogP contribution in [0.2, 0.25) is 0 Å². The largest absolute Gasteiger partial charge is 0.494 e. The second kappa shape index (κ2) is 9.98. The van der Waals surface area contributed by atoms with E-state index in [9.17, 15) is 9.59 Å². The van der Waals surface area contributed by atoms with Crippen LogP contribution >= 0.6 is 0 Å². The zero-order valence-electron chi connectivity index (χ0n) is 25.0. The van der Waals surface area contributed by atoms with Gasteiger partial charge in [0.15, 0.2) is 5.78 Å². The van der Waals surface area contributed by atoms with E-state index in [-0.39, 0.29) is 34.7 Å². The van der Waals surface area contributed by atoms with Gasteiger partial charge in [-0.2, -0.15) is 0 Å². The first-order valence-corrected chi connectivity index (χ1v) is 14.7. The third kappa shape index (κ3) is 4.97. The molecule has 41 heavy (non-hydrogen) atoms. The Hall–Kier alpha value is -3.17. The van der Waals surface area contributed by atoms with Crippen molar-refractivity contribution in [3.8, 4) is 11.3 Å². The average molecular weight is 558 g/mol. The number of benzene rings is 2. The lowest BCUT2D eigenvalue weighted by Gasteiger charge is -2.32. The molecule has 3 aliphatic rings. The normalized spacial score (nSPS) is 26.7. The van der Waals surface area contributed by atoms with Crippen LogP contribution in [-0.4, -0.2) is 53.3 Å². The van der Waals surface area contributed by atoms with Crippen molar-refractivity contribution in [3.05, 3.63) is 48.4 Å². The molecule has 2 aliphatic carbocycles. The Kier molecular flexibility index (Phi) is 6.81. The highest BCUT2D eigenvalue weighted by molar-refractivity contribution is 6.62. The van der Waals surface area contributed by atoms with Crippen LogP contribution in [0.25, 0.3) is 22.0 Å². The zero-order valence-corrected chi connectivity index (χ0v) is 25.0. The fourth-order valence-corrected chi connectivity index (χ4v) is 6.63. The summed E-state index contributed by atoms with van der Waals surface area (Å²) in [7, 11) is 0.924. The van der Waals surface area contributed by atoms with E-state index in [1.54, 1.807) is 0 Å². The number of carbonyl (C=O) groups excluding carboxylic acids is 2. The quantitative estimate of drug-likeness (QED) is 0.387. The van der Waals surface area contributed by atoms with Gasteiger partial charge in [0.1, 0.15) is 5.82 Å². The molecule has 1 unspecified atom stereocenters. The van der Waals surface area contributed by atoms with Crippen LogP contribution in [-0.2, 0) is 18.8 Å². The molecule has 2 saturated carbocycles. The van der Waals surface area contributed by atoms with Gasteiger partial charge in [-0.15, -0.1) is 0 Å². The molecule has 2 aromatic carbocycles. The van der Waals surface area contributed by atoms with Gasteiger partial charge >= 0.3 is 13.2 Å². The molecule has 2 N–H and O–H groups in total. The minimum absolute atomic E-state index is 0.0172. The minimum Gasteiger partial charge on any atom is -0.453 e. The molecule has 0 spiro atoms. The summed E-state index contributed by atoms with van der Waals surface area (Å²) in [5, 5.41) is 5.00. The topological polar surface area (TPSA) is 103 Å². The Morgan fingerprint density at radius 2 is 1.73 bits per heavy atom. The van der Waals surface area contributed by atoms with Gasteiger partial charge in [-0.05, 0) is 80.6 Å². The number of aromatic amines is 1. The van der Waals surface area contributed by atoms with Crippen molar-refractivity contribution in [2.24, 2.45) is 23.7 Å². The third-order valence-electron chi connectivity index (χ3n) is 9.84. The number of H-pyrrole nitrogens is 1. The van der Waals surface area contributed by atoms with Crippen LogP contribution < -0.4 is 10.8 Å². The van der Waals surface area contributed by atoms with Gasteiger partial charge in [0.05, 0.1) is 36.2 Å². The van der Waals surface area contributed by atoms with E-state index in [4.69, 9.17) is 19.0 Å². The molecule has 1 aliphatic heterocycles. The van der Waals surface area contributed by atoms with Crippen molar-refractivity contribution in [1.29, 1.82) is 0 Å². The molecule has 216 valence electrons. The molecule has 9 heteroatoms. The number of nitrogens with zero attached hydrogens (tertiary/aromatic N) is 1. The van der Waals surface area contributed by atoms with E-state index in [1.165, 1.54) is 7.11 Å². The molecule has 6 rings (SSSR count). The van der Waals surface area contributed by atoms with Gasteiger partial charge in [-0.25, -0.2) is 9.78 Å². The second-order valence-electron chi connectivity index (χ2n) is 13.4. The maximum atomic E-state index is 13.7. The number of rotatable bonds is 7. The molecule has 8 nitrogen and oxygen atoms in total. The van der Waals surface area contributed by atoms with Crippen LogP contribution in [0.15, 0.2) is 42.6 Å². The van der Waals surface area contributed by atoms with Crippen LogP contribution in [0.4, 0.5) is 4.79 Å². The van der Waals surface area contributed by atoms with E-state index >= 15 is 0 Å². The fraction of sp³-hybridized carbons (Fsp3) is 0.531. The maximum Gasteiger partial charge on any atom is 0.494 e. The lowest BCUT2D eigenvalue weighted by atomic mass is 9.78. The smallest absolute Gasteiger partial charge is 0.453 e. The summed E-state index contributed by atoms with van der Waals surface area (Å²) in [6, 6.07) is 12.1. The number of carbonyl (C=O) groups is 2. The van der Waals surface area contributed by atoms with Gasteiger partial charge < -0.3 is 24.3 Å². The van der Waals surface area contributed by atoms with Crippen LogP contribution in [0.5, 0.6) is 0 Å². The molecule has 0 bridgehead atoms. The summed E-state index contributed by atoms with van der Waals surface area (Å²) in [5.41, 5.74) is 2.21. The molecular formula is C32H40BN3O5. The third-order valence-corrected chi connectivity index (χ3v) is 9.84. The number of Topliss-reactive ketones (excluding diaryl/α,β-unsaturated/α-hetero) is 1. The van der Waals surface area contributed by atoms with Gasteiger partial charge in [0, 0.05) is 17.4 Å². The molecule has 3 aromatic rings. The Bertz CT molecular complexity index is 1480. The number of fused-ring (bicyclic) bond motifs is 2. The van der Waals surface area contributed by atoms with Gasteiger partial charge in [-0.3, -0.25) is 4.79 Å². The van der Waals surface area contributed by atoms with Crippen LogP contribution in [0.3, 0.4) is 0 Å². The summed E-state index contributed by atoms with van der Waals surface area (Å²) in [6.45, 7) is 12.2. The van der Waals surface area contributed by atoms with E-state index in [0.717, 1.165) is 46.2 Å². The van der Waals surface area contributed by atoms with Crippen molar-refractivity contribution in [2.45, 2.75) is 77.5 Å². The van der Waals surface area contributed by atoms with Gasteiger partial charge in [0.25, 0.3) is 0 Å². The molecule has 1 aromatic heterocycles. The molecule has 5 atom stereocenters. The Morgan fingerprint density at radius 1 is 1.05 bits per heavy atom. The number of amides is 1. The van der Waals surface area contributed by atoms with Gasteiger partial charge in [-0.1, -0.05) is 44.2 Å². The maximum absolute atomic E-state index is 13.7. The van der Waals surface area contributed by atoms with Crippen molar-refractivity contribution < 1.29 is 23.6 Å². The number of hydrogen-bond donors (Lipinski definition) is 2. The number of hydrogen-bond acceptors (Lipinski definition) is 6. The van der Waals surface area contributed by atoms with Crippen molar-refractivity contribution in [1.82, 2.24) is 15.3 Å². The Labute approximate surface area is 242 Å². The summed E-state index contributed by atoms with van der Waals surface area (Å²) in [5.74, 6) is 1.67. The van der Waals surface area contributed by atoms with Crippen LogP contribution in [0.1, 0.15) is 66.1 Å². The standard InChI is InChI=1S/C32H40BN3O5/c1-17(2)27(36-30(38)39-7)28(37)26-23-14-21(23)15-24(26)29-34-16-25(35-29)20-9-8-19-13-22(11-10-18(19)12-20)33-40-31(3,4)32(5,6)41-33/h8-13,16-17,21,23-24,26-27H,14-15H2,1-7H3,(H,34,35)(H,36,38)/t21-,23-,24-,26?,27+/m1/s1. The number of aromatic nitrogens is 2. The van der Waals surface area contributed by atoms with Crippen molar-refractivity contribution >= 4 is 35.2 Å². The van der Waals surface area contributed by atoms with E-state index in [2.05, 4.69) is 74.4 Å². The number of methoxy groups -OCH3 is 1. The molecular weight excluding hydrogens is 517 g/mol. The molecule has 3 fully saturated rings. The highest BCUT2D eigenvalue weighted by atomic mass is 16.7. The van der Waals surface area contributed by atoms with E-state index in [1.807, 2.05) is 20.0 Å². The minimum atomic E-state index is -0.578. The number of ketones is 1. The molecule has 1 saturated heterocycles. The highest BCUT2D eigenvalue weighted by Gasteiger charge is 2.58. The first-order valence-electron chi connectivity index (χ1n) is 14.7. The number of ether oxygens (including phenoxy) is 1. The zero-order chi connectivity index (χ0) is 29.3. The SMILES string of the molecule is COC(=O)N[C@H](C(=O)C1[C@H](c2ncc(-c3ccc4cc(B5OC(C)(C)C(C)(C)O5)ccc4c3)[nH]2)C[C@H]2C[C@@H]12)C(C)C. The van der Waals surface area contributed by atoms with Crippen LogP contribution in [0, 0.1) is 23.7 Å². The monoisotopic (exact) mass is 557 g/mol. The van der Waals surface area contributed by atoms with E-state index < -0.39 is 19.3 Å². The lowest BCUT2D eigenvalue weighted by molar-refractivity contribution is -0.126. The summed E-state index contributed by atoms with van der Waals surface area (Å²) in [4.78, 5) is 34.0. The summed E-state index contributed by atoms with van der Waals surface area (Å²) >= 11 is 0. The first kappa shape index (κ1) is 28.0. The number of alkyl carbamates (subject to hydrolysis) is 1. The molecule has 0 radical (unpaired) electrons. The summed E-state index contributed by atoms with van der Waals surface area (Å²) in [6.07, 6.45) is 3.31. The van der Waals surface area contributed by atoms with E-state index in [0.29, 0.717) is 11.8 Å². The van der Waals surface area contributed by atoms with Crippen molar-refractivity contribution in [3.63, 3.8) is 0 Å². The predicted octanol–water partition coefficient (Wildman–Crippen LogP) is 5.22. The Balaban J connectivity index is 1.22. The average Bonchev–Trinajstić information content (AvgIpc) is 3.25. The number of nitrogens with one attached hydrogen (secondary N) is 2. The first-order chi connectivity index (χ1) is 19.4. The van der Waals surface area contributed by atoms with Gasteiger partial charge in [0.2, 0.25) is 0 Å². The summed E-state index contributed by atoms with van der Waals surface area (Å²) < 4.78 is 17.3. The molecule has 2 heterocycles. The fourth-order valence-electron chi connectivity index (χ4n) is 6.63. The van der Waals surface area contributed by atoms with Crippen molar-refractivity contribution in [2.75, 3.05) is 7.11 Å². The lowest BCUT2D eigenvalue weighted by Crippen LogP contribution is -2.48. The number of imidazole rings is 1. The Morgan fingerprint density at radius 3 is 2.41 bits per heavy atom. The second-order valence-corrected chi connectivity index (χ2v) is 13.4. The predicted molar refractivity (Wildman–Crippen MR) is 159 cm³/mol. The highest BCUT2D eigenvalue weighted by Crippen LogP contribution is 2.61. The molecule has 1 amide bonds.